The van der Waals surface area contributed by atoms with E-state index in [9.17, 15) is 0 Å². The third-order valence-corrected chi connectivity index (χ3v) is 4.90. The monoisotopic (exact) mass is 275 g/mol. The first-order valence-electron chi connectivity index (χ1n) is 7.54. The molecule has 3 heterocycles. The van der Waals surface area contributed by atoms with Crippen LogP contribution in [0.15, 0.2) is 24.4 Å². The van der Waals surface area contributed by atoms with Crippen molar-refractivity contribution in [3.8, 4) is 0 Å². The van der Waals surface area contributed by atoms with Crippen LogP contribution < -0.4 is 0 Å². The Bertz CT molecular complexity index is 431. The Morgan fingerprint density at radius 2 is 2.25 bits per heavy atom. The van der Waals surface area contributed by atoms with Crippen LogP contribution in [0.1, 0.15) is 18.5 Å². The molecule has 1 spiro atoms. The molecule has 1 aromatic rings. The van der Waals surface area contributed by atoms with Crippen LogP contribution in [0.4, 0.5) is 0 Å². The van der Waals surface area contributed by atoms with E-state index in [1.165, 1.54) is 38.2 Å². The van der Waals surface area contributed by atoms with Crippen LogP contribution in [0.2, 0.25) is 0 Å². The number of hydrogen-bond acceptors (Lipinski definition) is 4. The highest BCUT2D eigenvalue weighted by molar-refractivity contribution is 5.10. The fourth-order valence-corrected chi connectivity index (χ4v) is 3.78. The van der Waals surface area contributed by atoms with E-state index >= 15 is 0 Å². The molecule has 4 heteroatoms. The molecule has 0 unspecified atom stereocenters. The molecular weight excluding hydrogens is 250 g/mol. The van der Waals surface area contributed by atoms with E-state index in [2.05, 4.69) is 34.0 Å². The van der Waals surface area contributed by atoms with Crippen molar-refractivity contribution in [2.75, 3.05) is 40.4 Å². The maximum atomic E-state index is 5.36. The van der Waals surface area contributed by atoms with Crippen molar-refractivity contribution in [1.29, 1.82) is 0 Å². The normalized spacial score (nSPS) is 26.6. The molecule has 1 atom stereocenters. The standard InChI is InChI=1S/C16H25N3O/c1-18-8-6-14(11-20-2)9-16(18)12-19(13-16)10-15-5-3-4-7-17-15/h3-5,7,14H,6,8-13H2,1-2H3/t14-/m0/s1. The number of piperidine rings is 1. The van der Waals surface area contributed by atoms with Gasteiger partial charge in [-0.2, -0.15) is 0 Å². The second-order valence-corrected chi connectivity index (χ2v) is 6.43. The smallest absolute Gasteiger partial charge is 0.0543 e. The molecular formula is C16H25N3O. The van der Waals surface area contributed by atoms with Gasteiger partial charge in [0.15, 0.2) is 0 Å². The number of ether oxygens (including phenoxy) is 1. The van der Waals surface area contributed by atoms with Crippen LogP contribution >= 0.6 is 0 Å². The molecule has 0 aromatic carbocycles. The molecule has 20 heavy (non-hydrogen) atoms. The highest BCUT2D eigenvalue weighted by atomic mass is 16.5. The summed E-state index contributed by atoms with van der Waals surface area (Å²) < 4.78 is 5.36. The first kappa shape index (κ1) is 14.0. The lowest BCUT2D eigenvalue weighted by molar-refractivity contribution is -0.0909. The fraction of sp³-hybridized carbons (Fsp3) is 0.688. The minimum Gasteiger partial charge on any atom is -0.384 e. The maximum Gasteiger partial charge on any atom is 0.0543 e. The highest BCUT2D eigenvalue weighted by Gasteiger charge is 2.49. The minimum absolute atomic E-state index is 0.385. The van der Waals surface area contributed by atoms with Gasteiger partial charge < -0.3 is 4.74 Å². The van der Waals surface area contributed by atoms with Crippen LogP contribution in [0.5, 0.6) is 0 Å². The predicted molar refractivity (Wildman–Crippen MR) is 79.5 cm³/mol. The Balaban J connectivity index is 1.56. The summed E-state index contributed by atoms with van der Waals surface area (Å²) in [6.45, 7) is 5.42. The number of rotatable bonds is 4. The third kappa shape index (κ3) is 2.73. The van der Waals surface area contributed by atoms with Crippen LogP contribution in [-0.4, -0.2) is 60.7 Å². The van der Waals surface area contributed by atoms with Crippen molar-refractivity contribution in [1.82, 2.24) is 14.8 Å². The number of nitrogens with zero attached hydrogens (tertiary/aromatic N) is 3. The Morgan fingerprint density at radius 3 is 2.95 bits per heavy atom. The zero-order valence-corrected chi connectivity index (χ0v) is 12.6. The number of pyridine rings is 1. The molecule has 2 aliphatic rings. The molecule has 4 nitrogen and oxygen atoms in total. The number of methoxy groups -OCH3 is 1. The molecule has 110 valence electrons. The summed E-state index contributed by atoms with van der Waals surface area (Å²) in [5.74, 6) is 0.730. The Morgan fingerprint density at radius 1 is 1.40 bits per heavy atom. The number of hydrogen-bond donors (Lipinski definition) is 0. The van der Waals surface area contributed by atoms with E-state index in [1.807, 2.05) is 19.4 Å². The Kier molecular flexibility index (Phi) is 4.06. The second-order valence-electron chi connectivity index (χ2n) is 6.43. The SMILES string of the molecule is COC[C@H]1CCN(C)C2(C1)CN(Cc1ccccn1)C2. The van der Waals surface area contributed by atoms with Gasteiger partial charge in [0, 0.05) is 45.1 Å². The average molecular weight is 275 g/mol. The van der Waals surface area contributed by atoms with Crippen LogP contribution in [0.3, 0.4) is 0 Å². The average Bonchev–Trinajstić information content (AvgIpc) is 2.42. The van der Waals surface area contributed by atoms with Crippen LogP contribution in [0.25, 0.3) is 0 Å². The van der Waals surface area contributed by atoms with E-state index < -0.39 is 0 Å². The number of likely N-dealkylation sites (tertiary alicyclic amines) is 2. The lowest BCUT2D eigenvalue weighted by atomic mass is 9.75. The summed E-state index contributed by atoms with van der Waals surface area (Å²) in [5.41, 5.74) is 1.56. The van der Waals surface area contributed by atoms with E-state index in [1.54, 1.807) is 0 Å². The lowest BCUT2D eigenvalue weighted by Crippen LogP contribution is -2.71. The Hall–Kier alpha value is -0.970. The Labute approximate surface area is 121 Å². The van der Waals surface area contributed by atoms with Gasteiger partial charge in [-0.3, -0.25) is 14.8 Å². The summed E-state index contributed by atoms with van der Waals surface area (Å²) in [5, 5.41) is 0. The first-order valence-corrected chi connectivity index (χ1v) is 7.54. The van der Waals surface area contributed by atoms with Gasteiger partial charge in [-0.05, 0) is 44.5 Å². The van der Waals surface area contributed by atoms with Gasteiger partial charge >= 0.3 is 0 Å². The lowest BCUT2D eigenvalue weighted by Gasteiger charge is -2.58. The van der Waals surface area contributed by atoms with E-state index in [0.717, 1.165) is 19.1 Å². The fourth-order valence-electron chi connectivity index (χ4n) is 3.78. The summed E-state index contributed by atoms with van der Waals surface area (Å²) in [7, 11) is 4.10. The van der Waals surface area contributed by atoms with Gasteiger partial charge in [0.25, 0.3) is 0 Å². The van der Waals surface area contributed by atoms with Gasteiger partial charge in [0.05, 0.1) is 5.69 Å². The van der Waals surface area contributed by atoms with Crippen molar-refractivity contribution >= 4 is 0 Å². The number of aromatic nitrogens is 1. The van der Waals surface area contributed by atoms with Gasteiger partial charge in [0.1, 0.15) is 0 Å². The molecule has 0 saturated carbocycles. The molecule has 0 radical (unpaired) electrons. The zero-order chi connectivity index (χ0) is 14.0. The second kappa shape index (κ2) is 5.80. The quantitative estimate of drug-likeness (QED) is 0.835. The zero-order valence-electron chi connectivity index (χ0n) is 12.6. The van der Waals surface area contributed by atoms with Gasteiger partial charge in [-0.25, -0.2) is 0 Å². The number of likely N-dealkylation sites (N-methyl/N-ethyl adjacent to an activating group) is 1. The topological polar surface area (TPSA) is 28.6 Å². The van der Waals surface area contributed by atoms with Crippen molar-refractivity contribution in [3.05, 3.63) is 30.1 Å². The molecule has 0 bridgehead atoms. The molecule has 0 aliphatic carbocycles. The molecule has 3 rings (SSSR count). The highest BCUT2D eigenvalue weighted by Crippen LogP contribution is 2.38. The van der Waals surface area contributed by atoms with Crippen molar-refractivity contribution < 1.29 is 4.74 Å². The maximum absolute atomic E-state index is 5.36. The molecule has 1 aromatic heterocycles. The van der Waals surface area contributed by atoms with E-state index in [-0.39, 0.29) is 0 Å². The molecule has 2 aliphatic heterocycles. The molecule has 2 fully saturated rings. The predicted octanol–water partition coefficient (Wildman–Crippen LogP) is 1.62. The molecule has 0 N–H and O–H groups in total. The minimum atomic E-state index is 0.385. The van der Waals surface area contributed by atoms with E-state index in [4.69, 9.17) is 4.74 Å². The first-order chi connectivity index (χ1) is 9.72. The van der Waals surface area contributed by atoms with Crippen molar-refractivity contribution in [2.24, 2.45) is 5.92 Å². The van der Waals surface area contributed by atoms with Crippen molar-refractivity contribution in [3.63, 3.8) is 0 Å². The summed E-state index contributed by atoms with van der Waals surface area (Å²) in [6, 6.07) is 6.16. The van der Waals surface area contributed by atoms with Crippen LogP contribution in [0, 0.1) is 5.92 Å². The van der Waals surface area contributed by atoms with Crippen LogP contribution in [-0.2, 0) is 11.3 Å². The molecule has 2 saturated heterocycles. The largest absolute Gasteiger partial charge is 0.384 e. The van der Waals surface area contributed by atoms with Gasteiger partial charge in [-0.15, -0.1) is 0 Å². The molecule has 0 amide bonds. The van der Waals surface area contributed by atoms with Gasteiger partial charge in [0.2, 0.25) is 0 Å². The summed E-state index contributed by atoms with van der Waals surface area (Å²) in [6.07, 6.45) is 4.43. The van der Waals surface area contributed by atoms with E-state index in [0.29, 0.717) is 5.54 Å². The summed E-state index contributed by atoms with van der Waals surface area (Å²) in [4.78, 5) is 9.49. The summed E-state index contributed by atoms with van der Waals surface area (Å²) >= 11 is 0. The van der Waals surface area contributed by atoms with Gasteiger partial charge in [-0.1, -0.05) is 6.07 Å². The van der Waals surface area contributed by atoms with Crippen molar-refractivity contribution in [2.45, 2.75) is 24.9 Å². The third-order valence-electron chi connectivity index (χ3n) is 4.90.